The van der Waals surface area contributed by atoms with E-state index in [1.807, 2.05) is 35.6 Å². The Kier molecular flexibility index (Phi) is 7.01. The van der Waals surface area contributed by atoms with Gasteiger partial charge in [-0.2, -0.15) is 0 Å². The summed E-state index contributed by atoms with van der Waals surface area (Å²) in [6, 6.07) is 57.8. The first kappa shape index (κ1) is 30.3. The van der Waals surface area contributed by atoms with E-state index in [1.54, 1.807) is 0 Å². The van der Waals surface area contributed by atoms with Crippen LogP contribution in [0.15, 0.2) is 180 Å². The first-order valence-corrected chi connectivity index (χ1v) is 18.3. The van der Waals surface area contributed by atoms with Crippen LogP contribution in [0.5, 0.6) is 0 Å². The van der Waals surface area contributed by atoms with Crippen LogP contribution in [0.4, 0.5) is 0 Å². The van der Waals surface area contributed by atoms with E-state index in [4.69, 9.17) is 9.98 Å². The molecule has 3 aromatic heterocycles. The second-order valence-corrected chi connectivity index (χ2v) is 14.2. The SMILES string of the molecule is C=C(N=C(/N=C(\C)c1ccccc1)n1c2cc3c(cc2c2ccc4c(c5ccccc5n4-c4ccccc4)c21)sc1ccccc13)c1ccccc1. The zero-order valence-electron chi connectivity index (χ0n) is 28.5. The number of aliphatic imine (C=N–C) groups is 2. The minimum Gasteiger partial charge on any atom is -0.309 e. The average Bonchev–Trinajstić information content (AvgIpc) is 3.84. The molecular formula is C47H32N4S. The Hall–Kier alpha value is -6.56. The highest BCUT2D eigenvalue weighted by molar-refractivity contribution is 7.25. The van der Waals surface area contributed by atoms with Gasteiger partial charge in [-0.05, 0) is 60.5 Å². The van der Waals surface area contributed by atoms with Gasteiger partial charge in [-0.25, -0.2) is 9.98 Å². The summed E-state index contributed by atoms with van der Waals surface area (Å²) in [5.41, 5.74) is 9.03. The van der Waals surface area contributed by atoms with Crippen LogP contribution in [-0.2, 0) is 0 Å². The molecule has 0 radical (unpaired) electrons. The third-order valence-corrected chi connectivity index (χ3v) is 11.2. The number of hydrogen-bond acceptors (Lipinski definition) is 2. The highest BCUT2D eigenvalue weighted by atomic mass is 32.1. The summed E-state index contributed by atoms with van der Waals surface area (Å²) >= 11 is 1.84. The lowest BCUT2D eigenvalue weighted by atomic mass is 10.1. The molecule has 5 heteroatoms. The number of hydrogen-bond donors (Lipinski definition) is 0. The summed E-state index contributed by atoms with van der Waals surface area (Å²) in [6.07, 6.45) is 0. The van der Waals surface area contributed by atoms with E-state index in [0.717, 1.165) is 60.8 Å². The molecule has 0 amide bonds. The maximum atomic E-state index is 5.40. The molecule has 10 aromatic rings. The Morgan fingerprint density at radius 1 is 0.519 bits per heavy atom. The molecule has 4 nitrogen and oxygen atoms in total. The van der Waals surface area contributed by atoms with Gasteiger partial charge in [0.2, 0.25) is 5.96 Å². The molecule has 0 spiro atoms. The van der Waals surface area contributed by atoms with Crippen LogP contribution in [0.3, 0.4) is 0 Å². The van der Waals surface area contributed by atoms with Gasteiger partial charge in [0, 0.05) is 53.1 Å². The maximum Gasteiger partial charge on any atom is 0.235 e. The van der Waals surface area contributed by atoms with Gasteiger partial charge < -0.3 is 4.57 Å². The predicted molar refractivity (Wildman–Crippen MR) is 224 cm³/mol. The minimum atomic E-state index is 0.568. The number of benzene rings is 7. The molecule has 7 aromatic carbocycles. The van der Waals surface area contributed by atoms with Crippen molar-refractivity contribution in [3.63, 3.8) is 0 Å². The smallest absolute Gasteiger partial charge is 0.235 e. The van der Waals surface area contributed by atoms with Crippen LogP contribution in [0.25, 0.3) is 75.2 Å². The van der Waals surface area contributed by atoms with Crippen molar-refractivity contribution in [1.82, 2.24) is 9.13 Å². The molecule has 0 atom stereocenters. The van der Waals surface area contributed by atoms with E-state index < -0.39 is 0 Å². The van der Waals surface area contributed by atoms with Crippen LogP contribution >= 0.6 is 11.3 Å². The molecule has 0 saturated heterocycles. The highest BCUT2D eigenvalue weighted by Gasteiger charge is 2.23. The van der Waals surface area contributed by atoms with E-state index in [1.165, 1.54) is 25.6 Å². The lowest BCUT2D eigenvalue weighted by Crippen LogP contribution is -2.12. The van der Waals surface area contributed by atoms with E-state index in [-0.39, 0.29) is 0 Å². The zero-order valence-corrected chi connectivity index (χ0v) is 29.3. The van der Waals surface area contributed by atoms with E-state index in [2.05, 4.69) is 162 Å². The van der Waals surface area contributed by atoms with Gasteiger partial charge in [-0.15, -0.1) is 11.3 Å². The Balaban J connectivity index is 1.40. The highest BCUT2D eigenvalue weighted by Crippen LogP contribution is 2.44. The second-order valence-electron chi connectivity index (χ2n) is 13.1. The normalized spacial score (nSPS) is 12.6. The Morgan fingerprint density at radius 3 is 1.94 bits per heavy atom. The fourth-order valence-corrected chi connectivity index (χ4v) is 8.80. The standard InChI is InChI=1S/C47H32N4S/c1-30(32-16-6-3-7-17-32)48-47(49-31(2)33-18-8-4-9-19-33)51-42-28-39-35-22-13-15-25-43(35)52-44(39)29-38(42)36-26-27-41-45(46(36)51)37-23-12-14-24-40(37)50(41)34-20-10-5-11-21-34/h3-29H,1H2,2H3/b48-47?,49-31+. The van der Waals surface area contributed by atoms with Crippen LogP contribution < -0.4 is 0 Å². The van der Waals surface area contributed by atoms with Gasteiger partial charge in [-0.3, -0.25) is 4.57 Å². The van der Waals surface area contributed by atoms with Crippen molar-refractivity contribution in [2.45, 2.75) is 6.92 Å². The summed E-state index contributed by atoms with van der Waals surface area (Å²) < 4.78 is 7.20. The van der Waals surface area contributed by atoms with Crippen LogP contribution in [0, 0.1) is 0 Å². The molecule has 3 heterocycles. The molecule has 0 fully saturated rings. The van der Waals surface area contributed by atoms with Crippen LogP contribution in [0.1, 0.15) is 18.1 Å². The Morgan fingerprint density at radius 2 is 1.17 bits per heavy atom. The van der Waals surface area contributed by atoms with Crippen molar-refractivity contribution in [3.8, 4) is 5.69 Å². The minimum absolute atomic E-state index is 0.568. The van der Waals surface area contributed by atoms with Gasteiger partial charge in [0.05, 0.1) is 27.8 Å². The van der Waals surface area contributed by atoms with E-state index in [9.17, 15) is 0 Å². The number of nitrogens with zero attached hydrogens (tertiary/aromatic N) is 4. The molecule has 0 N–H and O–H groups in total. The van der Waals surface area contributed by atoms with Crippen LogP contribution in [0.2, 0.25) is 0 Å². The molecule has 10 rings (SSSR count). The molecule has 0 aliphatic carbocycles. The molecule has 0 aliphatic heterocycles. The first-order chi connectivity index (χ1) is 25.6. The van der Waals surface area contributed by atoms with Crippen molar-refractivity contribution in [1.29, 1.82) is 0 Å². The summed E-state index contributed by atoms with van der Waals surface area (Å²) in [5, 5.41) is 7.13. The summed E-state index contributed by atoms with van der Waals surface area (Å²) in [4.78, 5) is 10.7. The number of thiophene rings is 1. The van der Waals surface area contributed by atoms with Crippen LogP contribution in [-0.4, -0.2) is 20.8 Å². The van der Waals surface area contributed by atoms with Gasteiger partial charge in [0.1, 0.15) is 0 Å². The van der Waals surface area contributed by atoms with Gasteiger partial charge >= 0.3 is 0 Å². The topological polar surface area (TPSA) is 34.6 Å². The summed E-state index contributed by atoms with van der Waals surface area (Å²) in [6.45, 7) is 6.54. The first-order valence-electron chi connectivity index (χ1n) is 17.5. The molecule has 246 valence electrons. The maximum absolute atomic E-state index is 5.40. The third kappa shape index (κ3) is 4.74. The summed E-state index contributed by atoms with van der Waals surface area (Å²) in [5.74, 6) is 0.568. The van der Waals surface area contributed by atoms with E-state index in [0.29, 0.717) is 11.7 Å². The molecule has 0 unspecified atom stereocenters. The molecular weight excluding hydrogens is 653 g/mol. The molecule has 0 saturated carbocycles. The zero-order chi connectivity index (χ0) is 34.8. The number of para-hydroxylation sites is 2. The van der Waals surface area contributed by atoms with Gasteiger partial charge in [0.25, 0.3) is 0 Å². The predicted octanol–water partition coefficient (Wildman–Crippen LogP) is 12.6. The van der Waals surface area contributed by atoms with Crippen molar-refractivity contribution in [2.24, 2.45) is 9.98 Å². The third-order valence-electron chi connectivity index (χ3n) is 10.1. The Labute approximate surface area is 304 Å². The van der Waals surface area contributed by atoms with E-state index >= 15 is 0 Å². The fraction of sp³-hybridized carbons (Fsp3) is 0.0213. The number of fused-ring (bicyclic) bond motifs is 10. The lowest BCUT2D eigenvalue weighted by Gasteiger charge is -2.12. The molecule has 0 bridgehead atoms. The largest absolute Gasteiger partial charge is 0.309 e. The number of rotatable bonds is 4. The lowest BCUT2D eigenvalue weighted by molar-refractivity contribution is 1.18. The monoisotopic (exact) mass is 684 g/mol. The molecule has 0 aliphatic rings. The van der Waals surface area contributed by atoms with Gasteiger partial charge in [0.15, 0.2) is 0 Å². The van der Waals surface area contributed by atoms with Crippen molar-refractivity contribution in [2.75, 3.05) is 0 Å². The van der Waals surface area contributed by atoms with Crippen molar-refractivity contribution >= 4 is 92.5 Å². The number of aromatic nitrogens is 2. The second kappa shape index (κ2) is 12.0. The fourth-order valence-electron chi connectivity index (χ4n) is 7.67. The van der Waals surface area contributed by atoms with Crippen molar-refractivity contribution < 1.29 is 0 Å². The average molecular weight is 685 g/mol. The quantitative estimate of drug-likeness (QED) is 0.131. The molecule has 52 heavy (non-hydrogen) atoms. The van der Waals surface area contributed by atoms with Gasteiger partial charge in [-0.1, -0.05) is 128 Å². The summed E-state index contributed by atoms with van der Waals surface area (Å²) in [7, 11) is 0. The van der Waals surface area contributed by atoms with Crippen molar-refractivity contribution in [3.05, 3.63) is 181 Å². The Bertz CT molecular complexity index is 3070.